The molecule has 122 valence electrons. The van der Waals surface area contributed by atoms with Gasteiger partial charge in [0.25, 0.3) is 0 Å². The van der Waals surface area contributed by atoms with Crippen LogP contribution in [0.3, 0.4) is 0 Å². The summed E-state index contributed by atoms with van der Waals surface area (Å²) in [5, 5.41) is 1.21. The number of hydrogen-bond donors (Lipinski definition) is 0. The van der Waals surface area contributed by atoms with Crippen molar-refractivity contribution in [2.24, 2.45) is 0 Å². The predicted molar refractivity (Wildman–Crippen MR) is 95.3 cm³/mol. The van der Waals surface area contributed by atoms with E-state index in [0.29, 0.717) is 6.04 Å². The first-order chi connectivity index (χ1) is 10.1. The van der Waals surface area contributed by atoms with Crippen molar-refractivity contribution in [3.63, 3.8) is 0 Å². The third-order valence-electron chi connectivity index (χ3n) is 4.38. The van der Waals surface area contributed by atoms with Gasteiger partial charge in [-0.2, -0.15) is 0 Å². The van der Waals surface area contributed by atoms with Gasteiger partial charge in [-0.05, 0) is 73.2 Å². The minimum Gasteiger partial charge on any atom is -0.327 e. The Hall–Kier alpha value is -1.35. The molecule has 22 heavy (non-hydrogen) atoms. The molecular formula is C19H31N3. The molecule has 0 saturated heterocycles. The average molecular weight is 301 g/mol. The van der Waals surface area contributed by atoms with Gasteiger partial charge in [0.2, 0.25) is 0 Å². The number of fused-ring (bicyclic) bond motifs is 1. The smallest absolute Gasteiger partial charge is 0.140 e. The van der Waals surface area contributed by atoms with Crippen LogP contribution in [0.2, 0.25) is 0 Å². The maximum atomic E-state index is 5.01. The SMILES string of the molecule is CCN(C(C)c1ccc2ccn(C(C)(C)C)c2n1)C(C)(C)C. The van der Waals surface area contributed by atoms with E-state index >= 15 is 0 Å². The second-order valence-corrected chi connectivity index (χ2v) is 8.14. The molecule has 0 spiro atoms. The lowest BCUT2D eigenvalue weighted by Gasteiger charge is -2.39. The molecule has 0 aromatic carbocycles. The van der Waals surface area contributed by atoms with Crippen LogP contribution in [-0.4, -0.2) is 26.5 Å². The van der Waals surface area contributed by atoms with Gasteiger partial charge in [-0.25, -0.2) is 4.98 Å². The molecule has 3 nitrogen and oxygen atoms in total. The van der Waals surface area contributed by atoms with E-state index in [1.54, 1.807) is 0 Å². The van der Waals surface area contributed by atoms with E-state index in [4.69, 9.17) is 4.98 Å². The van der Waals surface area contributed by atoms with E-state index in [1.807, 2.05) is 0 Å². The molecule has 0 aliphatic rings. The molecular weight excluding hydrogens is 270 g/mol. The van der Waals surface area contributed by atoms with Gasteiger partial charge in [-0.3, -0.25) is 4.90 Å². The summed E-state index contributed by atoms with van der Waals surface area (Å²) in [6.45, 7) is 19.0. The summed E-state index contributed by atoms with van der Waals surface area (Å²) in [6, 6.07) is 6.84. The number of aromatic nitrogens is 2. The lowest BCUT2D eigenvalue weighted by atomic mass is 10.0. The number of rotatable bonds is 3. The predicted octanol–water partition coefficient (Wildman–Crippen LogP) is 4.97. The fourth-order valence-corrected chi connectivity index (χ4v) is 3.29. The third-order valence-corrected chi connectivity index (χ3v) is 4.38. The van der Waals surface area contributed by atoms with Crippen LogP contribution in [0.25, 0.3) is 11.0 Å². The van der Waals surface area contributed by atoms with Gasteiger partial charge in [0, 0.05) is 28.7 Å². The molecule has 3 heteroatoms. The zero-order chi connectivity index (χ0) is 16.7. The van der Waals surface area contributed by atoms with Crippen molar-refractivity contribution in [3.05, 3.63) is 30.1 Å². The maximum absolute atomic E-state index is 5.01. The lowest BCUT2D eigenvalue weighted by Crippen LogP contribution is -2.43. The largest absolute Gasteiger partial charge is 0.327 e. The summed E-state index contributed by atoms with van der Waals surface area (Å²) in [4.78, 5) is 7.50. The fourth-order valence-electron chi connectivity index (χ4n) is 3.29. The van der Waals surface area contributed by atoms with Crippen molar-refractivity contribution in [3.8, 4) is 0 Å². The van der Waals surface area contributed by atoms with E-state index in [1.165, 1.54) is 5.39 Å². The first-order valence-corrected chi connectivity index (χ1v) is 8.31. The molecule has 1 atom stereocenters. The second kappa shape index (κ2) is 5.69. The number of nitrogens with zero attached hydrogens (tertiary/aromatic N) is 3. The summed E-state index contributed by atoms with van der Waals surface area (Å²) in [5.74, 6) is 0. The van der Waals surface area contributed by atoms with Crippen molar-refractivity contribution in [1.82, 2.24) is 14.5 Å². The fraction of sp³-hybridized carbons (Fsp3) is 0.632. The highest BCUT2D eigenvalue weighted by atomic mass is 15.2. The molecule has 0 radical (unpaired) electrons. The van der Waals surface area contributed by atoms with Crippen LogP contribution in [0.1, 0.15) is 67.1 Å². The molecule has 0 saturated carbocycles. The molecule has 1 unspecified atom stereocenters. The molecule has 2 aromatic rings. The van der Waals surface area contributed by atoms with E-state index in [0.717, 1.165) is 17.9 Å². The van der Waals surface area contributed by atoms with Crippen LogP contribution in [0.5, 0.6) is 0 Å². The van der Waals surface area contributed by atoms with E-state index in [2.05, 4.69) is 89.3 Å². The van der Waals surface area contributed by atoms with E-state index in [-0.39, 0.29) is 11.1 Å². The van der Waals surface area contributed by atoms with Crippen molar-refractivity contribution < 1.29 is 0 Å². The van der Waals surface area contributed by atoms with Gasteiger partial charge in [0.1, 0.15) is 5.65 Å². The number of hydrogen-bond acceptors (Lipinski definition) is 2. The normalized spacial score (nSPS) is 14.8. The summed E-state index contributed by atoms with van der Waals surface area (Å²) >= 11 is 0. The summed E-state index contributed by atoms with van der Waals surface area (Å²) in [5.41, 5.74) is 2.41. The summed E-state index contributed by atoms with van der Waals surface area (Å²) in [7, 11) is 0. The Bertz CT molecular complexity index is 641. The Morgan fingerprint density at radius 1 is 1.09 bits per heavy atom. The van der Waals surface area contributed by atoms with Gasteiger partial charge >= 0.3 is 0 Å². The summed E-state index contributed by atoms with van der Waals surface area (Å²) in [6.07, 6.45) is 2.15. The number of pyridine rings is 1. The zero-order valence-corrected chi connectivity index (χ0v) is 15.4. The zero-order valence-electron chi connectivity index (χ0n) is 15.4. The Balaban J connectivity index is 2.48. The molecule has 0 amide bonds. The molecule has 0 aliphatic heterocycles. The van der Waals surface area contributed by atoms with E-state index < -0.39 is 0 Å². The molecule has 0 N–H and O–H groups in total. The quantitative estimate of drug-likeness (QED) is 0.798. The van der Waals surface area contributed by atoms with E-state index in [9.17, 15) is 0 Å². The van der Waals surface area contributed by atoms with Gasteiger partial charge in [0.15, 0.2) is 0 Å². The van der Waals surface area contributed by atoms with Crippen molar-refractivity contribution in [1.29, 1.82) is 0 Å². The minimum atomic E-state index is 0.0467. The molecule has 2 aromatic heterocycles. The monoisotopic (exact) mass is 301 g/mol. The minimum absolute atomic E-state index is 0.0467. The van der Waals surface area contributed by atoms with Crippen molar-refractivity contribution in [2.45, 2.75) is 72.5 Å². The van der Waals surface area contributed by atoms with Gasteiger partial charge in [-0.1, -0.05) is 6.92 Å². The Kier molecular flexibility index (Phi) is 4.40. The first-order valence-electron chi connectivity index (χ1n) is 8.31. The van der Waals surface area contributed by atoms with Gasteiger partial charge in [-0.15, -0.1) is 0 Å². The molecule has 0 bridgehead atoms. The topological polar surface area (TPSA) is 21.1 Å². The van der Waals surface area contributed by atoms with Crippen LogP contribution in [0.4, 0.5) is 0 Å². The highest BCUT2D eigenvalue weighted by Crippen LogP contribution is 2.29. The Morgan fingerprint density at radius 3 is 2.23 bits per heavy atom. The summed E-state index contributed by atoms with van der Waals surface area (Å²) < 4.78 is 2.27. The molecule has 0 aliphatic carbocycles. The van der Waals surface area contributed by atoms with Crippen LogP contribution >= 0.6 is 0 Å². The van der Waals surface area contributed by atoms with Gasteiger partial charge in [0.05, 0.1) is 5.69 Å². The molecule has 2 heterocycles. The average Bonchev–Trinajstić information content (AvgIpc) is 2.80. The van der Waals surface area contributed by atoms with Crippen LogP contribution in [-0.2, 0) is 5.54 Å². The van der Waals surface area contributed by atoms with Crippen LogP contribution in [0, 0.1) is 0 Å². The third kappa shape index (κ3) is 3.19. The lowest BCUT2D eigenvalue weighted by molar-refractivity contribution is 0.0954. The van der Waals surface area contributed by atoms with Crippen LogP contribution < -0.4 is 0 Å². The standard InChI is InChI=1S/C19H31N3/c1-9-21(18(3,4)5)14(2)16-11-10-15-12-13-22(17(15)20-16)19(6,7)8/h10-14H,9H2,1-8H3. The molecule has 0 fully saturated rings. The Morgan fingerprint density at radius 2 is 1.73 bits per heavy atom. The van der Waals surface area contributed by atoms with Crippen molar-refractivity contribution in [2.75, 3.05) is 6.54 Å². The Labute approximate surface area is 135 Å². The maximum Gasteiger partial charge on any atom is 0.140 e. The highest BCUT2D eigenvalue weighted by molar-refractivity contribution is 5.76. The van der Waals surface area contributed by atoms with Gasteiger partial charge < -0.3 is 4.57 Å². The highest BCUT2D eigenvalue weighted by Gasteiger charge is 2.27. The van der Waals surface area contributed by atoms with Crippen molar-refractivity contribution >= 4 is 11.0 Å². The molecule has 2 rings (SSSR count). The van der Waals surface area contributed by atoms with Crippen LogP contribution in [0.15, 0.2) is 24.4 Å². The first kappa shape index (κ1) is 17.0. The second-order valence-electron chi connectivity index (χ2n) is 8.14.